The molecule has 21 heavy (non-hydrogen) atoms. The Hall–Kier alpha value is -1.24. The summed E-state index contributed by atoms with van der Waals surface area (Å²) in [4.78, 5) is 4.30. The van der Waals surface area contributed by atoms with Gasteiger partial charge in [-0.05, 0) is 31.9 Å². The van der Waals surface area contributed by atoms with Crippen LogP contribution >= 0.6 is 11.8 Å². The van der Waals surface area contributed by atoms with Gasteiger partial charge in [0.15, 0.2) is 11.8 Å². The van der Waals surface area contributed by atoms with Gasteiger partial charge in [-0.2, -0.15) is 11.8 Å². The van der Waals surface area contributed by atoms with Crippen LogP contribution in [0.3, 0.4) is 0 Å². The first-order valence-electron chi connectivity index (χ1n) is 7.57. The van der Waals surface area contributed by atoms with Crippen LogP contribution in [0.4, 0.5) is 0 Å². The summed E-state index contributed by atoms with van der Waals surface area (Å²) in [6.07, 6.45) is 3.75. The van der Waals surface area contributed by atoms with E-state index < -0.39 is 0 Å². The number of thioether (sulfide) groups is 1. The van der Waals surface area contributed by atoms with Crippen LogP contribution < -0.4 is 10.6 Å². The molecule has 1 fully saturated rings. The van der Waals surface area contributed by atoms with Crippen LogP contribution in [0.25, 0.3) is 0 Å². The number of aliphatic imine (C=N–C) groups is 1. The van der Waals surface area contributed by atoms with Crippen molar-refractivity contribution in [3.05, 3.63) is 11.6 Å². The summed E-state index contributed by atoms with van der Waals surface area (Å²) in [5, 5.41) is 15.9. The molecular formula is C14H26N6S. The molecule has 0 saturated heterocycles. The fourth-order valence-corrected chi connectivity index (χ4v) is 3.76. The Bertz CT molecular complexity index is 484. The number of guanidine groups is 1. The summed E-state index contributed by atoms with van der Waals surface area (Å²) in [6.45, 7) is 4.82. The van der Waals surface area contributed by atoms with Crippen molar-refractivity contribution in [3.8, 4) is 0 Å². The Morgan fingerprint density at radius 2 is 2.24 bits per heavy atom. The molecule has 2 rings (SSSR count). The molecule has 2 N–H and O–H groups in total. The van der Waals surface area contributed by atoms with E-state index >= 15 is 0 Å². The first kappa shape index (κ1) is 16.1. The molecule has 2 atom stereocenters. The van der Waals surface area contributed by atoms with E-state index in [9.17, 15) is 0 Å². The van der Waals surface area contributed by atoms with Gasteiger partial charge in [-0.15, -0.1) is 10.2 Å². The molecule has 0 amide bonds. The van der Waals surface area contributed by atoms with Gasteiger partial charge >= 0.3 is 0 Å². The minimum atomic E-state index is 0.529. The molecule has 1 heterocycles. The van der Waals surface area contributed by atoms with Gasteiger partial charge in [0.25, 0.3) is 0 Å². The highest BCUT2D eigenvalue weighted by atomic mass is 32.2. The van der Waals surface area contributed by atoms with Crippen molar-refractivity contribution in [1.29, 1.82) is 0 Å². The van der Waals surface area contributed by atoms with Gasteiger partial charge in [-0.25, -0.2) is 0 Å². The van der Waals surface area contributed by atoms with Gasteiger partial charge in [0, 0.05) is 25.4 Å². The second-order valence-corrected chi connectivity index (χ2v) is 6.96. The minimum absolute atomic E-state index is 0.529. The largest absolute Gasteiger partial charge is 0.354 e. The lowest BCUT2D eigenvalue weighted by Crippen LogP contribution is -2.42. The second kappa shape index (κ2) is 7.68. The molecule has 0 bridgehead atoms. The predicted octanol–water partition coefficient (Wildman–Crippen LogP) is 1.46. The SMILES string of the molecule is CCSC1CCC(NC(=NC)NCc2nnc(C)n2C)C1. The fourth-order valence-electron chi connectivity index (χ4n) is 2.61. The van der Waals surface area contributed by atoms with Gasteiger partial charge in [0.2, 0.25) is 0 Å². The van der Waals surface area contributed by atoms with Crippen molar-refractivity contribution in [1.82, 2.24) is 25.4 Å². The maximum absolute atomic E-state index is 4.30. The normalized spacial score (nSPS) is 22.6. The summed E-state index contributed by atoms with van der Waals surface area (Å²) in [7, 11) is 3.79. The minimum Gasteiger partial charge on any atom is -0.354 e. The number of rotatable bonds is 5. The van der Waals surface area contributed by atoms with Crippen LogP contribution in [0.15, 0.2) is 4.99 Å². The Labute approximate surface area is 131 Å². The molecule has 0 aromatic carbocycles. The summed E-state index contributed by atoms with van der Waals surface area (Å²) < 4.78 is 1.99. The monoisotopic (exact) mass is 310 g/mol. The molecule has 118 valence electrons. The second-order valence-electron chi connectivity index (χ2n) is 5.38. The molecule has 2 unspecified atom stereocenters. The van der Waals surface area contributed by atoms with Crippen LogP contribution in [0, 0.1) is 6.92 Å². The number of nitrogens with zero attached hydrogens (tertiary/aromatic N) is 4. The summed E-state index contributed by atoms with van der Waals surface area (Å²) >= 11 is 2.07. The Kier molecular flexibility index (Phi) is 5.90. The maximum atomic E-state index is 4.30. The van der Waals surface area contributed by atoms with Gasteiger partial charge in [0.1, 0.15) is 5.82 Å². The molecule has 1 aromatic rings. The van der Waals surface area contributed by atoms with E-state index in [1.54, 1.807) is 0 Å². The third kappa shape index (κ3) is 4.36. The Morgan fingerprint density at radius 1 is 1.43 bits per heavy atom. The third-order valence-electron chi connectivity index (χ3n) is 3.95. The van der Waals surface area contributed by atoms with Crippen molar-refractivity contribution >= 4 is 17.7 Å². The number of hydrogen-bond donors (Lipinski definition) is 2. The van der Waals surface area contributed by atoms with Gasteiger partial charge < -0.3 is 15.2 Å². The quantitative estimate of drug-likeness (QED) is 0.637. The van der Waals surface area contributed by atoms with Crippen molar-refractivity contribution in [3.63, 3.8) is 0 Å². The molecule has 0 aliphatic heterocycles. The number of nitrogens with one attached hydrogen (secondary N) is 2. The van der Waals surface area contributed by atoms with Gasteiger partial charge in [-0.3, -0.25) is 4.99 Å². The molecule has 7 heteroatoms. The lowest BCUT2D eigenvalue weighted by atomic mass is 10.2. The summed E-state index contributed by atoms with van der Waals surface area (Å²) in [5.41, 5.74) is 0. The molecule has 0 spiro atoms. The van der Waals surface area contributed by atoms with E-state index in [0.29, 0.717) is 12.6 Å². The Balaban J connectivity index is 1.80. The summed E-state index contributed by atoms with van der Waals surface area (Å²) in [5.74, 6) is 3.89. The zero-order chi connectivity index (χ0) is 15.2. The van der Waals surface area contributed by atoms with Crippen LogP contribution in [0.2, 0.25) is 0 Å². The number of aromatic nitrogens is 3. The van der Waals surface area contributed by atoms with Gasteiger partial charge in [0.05, 0.1) is 6.54 Å². The fraction of sp³-hybridized carbons (Fsp3) is 0.786. The topological polar surface area (TPSA) is 67.1 Å². The lowest BCUT2D eigenvalue weighted by Gasteiger charge is -2.17. The van der Waals surface area contributed by atoms with Crippen molar-refractivity contribution in [2.45, 2.75) is 50.9 Å². The van der Waals surface area contributed by atoms with Crippen LogP contribution in [-0.2, 0) is 13.6 Å². The van der Waals surface area contributed by atoms with E-state index in [4.69, 9.17) is 0 Å². The molecular weight excluding hydrogens is 284 g/mol. The number of hydrogen-bond acceptors (Lipinski definition) is 4. The molecule has 1 saturated carbocycles. The highest BCUT2D eigenvalue weighted by Crippen LogP contribution is 2.29. The lowest BCUT2D eigenvalue weighted by molar-refractivity contribution is 0.609. The molecule has 0 radical (unpaired) electrons. The van der Waals surface area contributed by atoms with Crippen LogP contribution in [0.5, 0.6) is 0 Å². The maximum Gasteiger partial charge on any atom is 0.191 e. The van der Waals surface area contributed by atoms with Crippen LogP contribution in [0.1, 0.15) is 37.8 Å². The van der Waals surface area contributed by atoms with E-state index in [1.807, 2.05) is 25.6 Å². The van der Waals surface area contributed by atoms with E-state index in [2.05, 4.69) is 44.5 Å². The van der Waals surface area contributed by atoms with E-state index in [-0.39, 0.29) is 0 Å². The average molecular weight is 310 g/mol. The Morgan fingerprint density at radius 3 is 2.86 bits per heavy atom. The first-order valence-corrected chi connectivity index (χ1v) is 8.62. The van der Waals surface area contributed by atoms with E-state index in [0.717, 1.165) is 22.9 Å². The summed E-state index contributed by atoms with van der Waals surface area (Å²) in [6, 6.07) is 0.529. The standard InChI is InChI=1S/C14H26N6S/c1-5-21-12-7-6-11(8-12)17-14(15-3)16-9-13-19-18-10(2)20(13)4/h11-12H,5-9H2,1-4H3,(H2,15,16,17). The molecule has 1 aliphatic carbocycles. The predicted molar refractivity (Wildman–Crippen MR) is 88.6 cm³/mol. The average Bonchev–Trinajstić information content (AvgIpc) is 3.04. The highest BCUT2D eigenvalue weighted by Gasteiger charge is 2.25. The van der Waals surface area contributed by atoms with Crippen molar-refractivity contribution in [2.75, 3.05) is 12.8 Å². The number of aryl methyl sites for hydroxylation is 1. The zero-order valence-corrected chi connectivity index (χ0v) is 14.2. The highest BCUT2D eigenvalue weighted by molar-refractivity contribution is 7.99. The molecule has 1 aromatic heterocycles. The third-order valence-corrected chi connectivity index (χ3v) is 5.18. The van der Waals surface area contributed by atoms with Crippen molar-refractivity contribution < 1.29 is 0 Å². The molecule has 6 nitrogen and oxygen atoms in total. The van der Waals surface area contributed by atoms with Crippen LogP contribution in [-0.4, -0.2) is 44.8 Å². The molecule has 1 aliphatic rings. The zero-order valence-electron chi connectivity index (χ0n) is 13.4. The van der Waals surface area contributed by atoms with Crippen molar-refractivity contribution in [2.24, 2.45) is 12.0 Å². The smallest absolute Gasteiger partial charge is 0.191 e. The van der Waals surface area contributed by atoms with E-state index in [1.165, 1.54) is 25.0 Å². The van der Waals surface area contributed by atoms with Gasteiger partial charge in [-0.1, -0.05) is 6.92 Å². The first-order chi connectivity index (χ1) is 10.1.